The van der Waals surface area contributed by atoms with E-state index in [9.17, 15) is 24.6 Å². The fourth-order valence-electron chi connectivity index (χ4n) is 2.40. The minimum absolute atomic E-state index is 0.0653. The summed E-state index contributed by atoms with van der Waals surface area (Å²) in [5.74, 6) is -4.45. The van der Waals surface area contributed by atoms with Gasteiger partial charge in [0.2, 0.25) is 0 Å². The van der Waals surface area contributed by atoms with Crippen molar-refractivity contribution in [3.8, 4) is 0 Å². The highest BCUT2D eigenvalue weighted by Crippen LogP contribution is 2.22. The predicted octanol–water partition coefficient (Wildman–Crippen LogP) is 1.68. The summed E-state index contributed by atoms with van der Waals surface area (Å²) in [6.45, 7) is 9.20. The maximum Gasteiger partial charge on any atom is 0.351 e. The van der Waals surface area contributed by atoms with Crippen LogP contribution in [0.4, 0.5) is 0 Å². The molecule has 0 saturated carbocycles. The molecular weight excluding hydrogens is 342 g/mol. The van der Waals surface area contributed by atoms with Crippen molar-refractivity contribution < 1.29 is 29.7 Å². The Hall–Kier alpha value is -2.84. The summed E-state index contributed by atoms with van der Waals surface area (Å²) in [6, 6.07) is 0. The van der Waals surface area contributed by atoms with Gasteiger partial charge in [-0.05, 0) is 26.7 Å². The van der Waals surface area contributed by atoms with Gasteiger partial charge < -0.3 is 30.5 Å². The van der Waals surface area contributed by atoms with Crippen LogP contribution in [0, 0.1) is 11.3 Å². The molecule has 146 valence electrons. The van der Waals surface area contributed by atoms with Gasteiger partial charge in [-0.15, -0.1) is 0 Å². The van der Waals surface area contributed by atoms with Crippen molar-refractivity contribution in [2.75, 3.05) is 19.6 Å². The molecule has 0 aliphatic heterocycles. The molecule has 0 bridgehead atoms. The third-order valence-electron chi connectivity index (χ3n) is 3.84. The Morgan fingerprint density at radius 3 is 2.04 bits per heavy atom. The van der Waals surface area contributed by atoms with Crippen molar-refractivity contribution in [2.45, 2.75) is 33.6 Å². The molecule has 0 aliphatic carbocycles. The van der Waals surface area contributed by atoms with E-state index in [4.69, 9.17) is 10.5 Å². The van der Waals surface area contributed by atoms with Crippen molar-refractivity contribution >= 4 is 24.1 Å². The summed E-state index contributed by atoms with van der Waals surface area (Å²) in [6.07, 6.45) is 1.46. The van der Waals surface area contributed by atoms with E-state index in [0.717, 1.165) is 6.21 Å². The van der Waals surface area contributed by atoms with E-state index in [2.05, 4.69) is 6.58 Å². The smallest absolute Gasteiger partial charge is 0.351 e. The molecule has 0 aromatic heterocycles. The van der Waals surface area contributed by atoms with E-state index < -0.39 is 23.8 Å². The molecule has 0 fully saturated rings. The van der Waals surface area contributed by atoms with E-state index in [1.54, 1.807) is 11.8 Å². The maximum absolute atomic E-state index is 11.5. The van der Waals surface area contributed by atoms with Gasteiger partial charge in [-0.2, -0.15) is 0 Å². The Bertz CT molecular complexity index is 599. The van der Waals surface area contributed by atoms with Crippen LogP contribution >= 0.6 is 0 Å². The van der Waals surface area contributed by atoms with Crippen LogP contribution in [0.25, 0.3) is 0 Å². The van der Waals surface area contributed by atoms with Crippen LogP contribution in [0.5, 0.6) is 0 Å². The first-order valence-corrected chi connectivity index (χ1v) is 8.24. The Balaban J connectivity index is 5.97. The number of carbonyl (C=O) groups is 3. The lowest BCUT2D eigenvalue weighted by atomic mass is 10.1. The summed E-state index contributed by atoms with van der Waals surface area (Å²) < 4.78 is 0. The van der Waals surface area contributed by atoms with Gasteiger partial charge in [0.1, 0.15) is 11.5 Å². The van der Waals surface area contributed by atoms with Crippen molar-refractivity contribution in [2.24, 2.45) is 5.92 Å². The quantitative estimate of drug-likeness (QED) is 0.284. The molecule has 0 radical (unpaired) electrons. The second-order valence-electron chi connectivity index (χ2n) is 5.64. The topological polar surface area (TPSA) is 142 Å². The van der Waals surface area contributed by atoms with Gasteiger partial charge >= 0.3 is 17.9 Å². The third-order valence-corrected chi connectivity index (χ3v) is 3.84. The van der Waals surface area contributed by atoms with Crippen molar-refractivity contribution in [3.05, 3.63) is 23.7 Å². The van der Waals surface area contributed by atoms with Gasteiger partial charge in [0, 0.05) is 25.8 Å². The molecule has 4 N–H and O–H groups in total. The van der Waals surface area contributed by atoms with Gasteiger partial charge in [-0.3, -0.25) is 4.79 Å². The maximum atomic E-state index is 11.5. The number of nitrogens with zero attached hydrogens (tertiary/aromatic N) is 2. The second-order valence-corrected chi connectivity index (χ2v) is 5.64. The van der Waals surface area contributed by atoms with Crippen LogP contribution in [0.15, 0.2) is 23.7 Å². The average Bonchev–Trinajstić information content (AvgIpc) is 2.58. The van der Waals surface area contributed by atoms with Crippen LogP contribution in [-0.2, 0) is 14.4 Å². The molecular formula is C17H27N3O6. The van der Waals surface area contributed by atoms with E-state index >= 15 is 0 Å². The van der Waals surface area contributed by atoms with Gasteiger partial charge in [0.15, 0.2) is 0 Å². The van der Waals surface area contributed by atoms with Crippen LogP contribution in [-0.4, -0.2) is 68.9 Å². The Morgan fingerprint density at radius 1 is 1.12 bits per heavy atom. The Morgan fingerprint density at radius 2 is 1.69 bits per heavy atom. The number of nitrogens with one attached hydrogen (secondary N) is 1. The molecule has 0 saturated heterocycles. The molecule has 1 unspecified atom stereocenters. The van der Waals surface area contributed by atoms with Gasteiger partial charge in [0.25, 0.3) is 0 Å². The number of carboxylic acids is 3. The summed E-state index contributed by atoms with van der Waals surface area (Å²) in [7, 11) is 0. The number of carboxylic acid groups (broad SMARTS) is 3. The zero-order valence-electron chi connectivity index (χ0n) is 15.4. The monoisotopic (exact) mass is 369 g/mol. The minimum atomic E-state index is -1.27. The van der Waals surface area contributed by atoms with Gasteiger partial charge in [-0.25, -0.2) is 9.59 Å². The second kappa shape index (κ2) is 10.9. The first-order chi connectivity index (χ1) is 12.1. The molecule has 0 spiro atoms. The molecule has 0 aliphatic rings. The first kappa shape index (κ1) is 23.2. The van der Waals surface area contributed by atoms with Crippen LogP contribution in [0.1, 0.15) is 33.6 Å². The highest BCUT2D eigenvalue weighted by Gasteiger charge is 2.27. The Kier molecular flexibility index (Phi) is 9.72. The highest BCUT2D eigenvalue weighted by atomic mass is 16.4. The summed E-state index contributed by atoms with van der Waals surface area (Å²) >= 11 is 0. The van der Waals surface area contributed by atoms with E-state index in [0.29, 0.717) is 13.0 Å². The predicted molar refractivity (Wildman–Crippen MR) is 95.9 cm³/mol. The zero-order chi connectivity index (χ0) is 20.4. The summed E-state index contributed by atoms with van der Waals surface area (Å²) in [4.78, 5) is 37.0. The molecule has 1 atom stereocenters. The number of hydrogen-bond acceptors (Lipinski definition) is 6. The van der Waals surface area contributed by atoms with E-state index in [-0.39, 0.29) is 36.6 Å². The summed E-state index contributed by atoms with van der Waals surface area (Å²) in [5.41, 5.74) is -0.327. The van der Waals surface area contributed by atoms with Crippen LogP contribution < -0.4 is 0 Å². The van der Waals surface area contributed by atoms with Crippen molar-refractivity contribution in [3.63, 3.8) is 0 Å². The number of aliphatic carboxylic acids is 3. The highest BCUT2D eigenvalue weighted by molar-refractivity contribution is 5.89. The normalized spacial score (nSPS) is 12.6. The molecule has 0 amide bonds. The Labute approximate surface area is 152 Å². The van der Waals surface area contributed by atoms with Crippen molar-refractivity contribution in [1.29, 1.82) is 5.41 Å². The fraction of sp³-hybridized carbons (Fsp3) is 0.529. The van der Waals surface area contributed by atoms with Gasteiger partial charge in [-0.1, -0.05) is 13.5 Å². The lowest BCUT2D eigenvalue weighted by Gasteiger charge is -2.36. The first-order valence-electron chi connectivity index (χ1n) is 8.24. The van der Waals surface area contributed by atoms with E-state index in [1.807, 2.05) is 6.92 Å². The zero-order valence-corrected chi connectivity index (χ0v) is 15.4. The molecule has 9 heteroatoms. The lowest BCUT2D eigenvalue weighted by molar-refractivity contribution is -0.139. The van der Waals surface area contributed by atoms with Crippen molar-refractivity contribution in [1.82, 2.24) is 9.80 Å². The summed E-state index contributed by atoms with van der Waals surface area (Å²) in [5, 5.41) is 35.0. The molecule has 26 heavy (non-hydrogen) atoms. The molecule has 0 aromatic carbocycles. The number of rotatable bonds is 13. The van der Waals surface area contributed by atoms with E-state index in [1.165, 1.54) is 11.8 Å². The fourth-order valence-corrected chi connectivity index (χ4v) is 2.40. The third kappa shape index (κ3) is 6.23. The van der Waals surface area contributed by atoms with Crippen LogP contribution in [0.3, 0.4) is 0 Å². The lowest BCUT2D eigenvalue weighted by Crippen LogP contribution is -2.40. The molecule has 0 rings (SSSR count). The molecule has 0 aromatic rings. The standard InChI is InChI=1S/C17H27N3O6/c1-5-8-20(12(4)16(23)24)14(11(3)15(21)22)19(6-2)9-7-13(10-18)17(25)26/h10,13,18H,4-9H2,1-3H3,(H,21,22)(H,23,24)(H,25,26). The number of hydrogen-bond donors (Lipinski definition) is 4. The molecule has 0 heterocycles. The molecule has 9 nitrogen and oxygen atoms in total. The van der Waals surface area contributed by atoms with Gasteiger partial charge in [0.05, 0.1) is 11.5 Å². The van der Waals surface area contributed by atoms with Crippen LogP contribution in [0.2, 0.25) is 0 Å². The largest absolute Gasteiger partial charge is 0.481 e. The average molecular weight is 369 g/mol. The minimum Gasteiger partial charge on any atom is -0.481 e. The SMILES string of the molecule is C=C(C(=O)O)N(CCC)C(=C(C)C(=O)O)N(CC)CCC(C=N)C(=O)O.